The Bertz CT molecular complexity index is 997. The van der Waals surface area contributed by atoms with Crippen LogP contribution in [0.2, 0.25) is 0 Å². The summed E-state index contributed by atoms with van der Waals surface area (Å²) in [4.78, 5) is 12.7. The lowest BCUT2D eigenvalue weighted by molar-refractivity contribution is 0.0690. The van der Waals surface area contributed by atoms with Crippen LogP contribution in [0.4, 0.5) is 0 Å². The average Bonchev–Trinajstić information content (AvgIpc) is 2.90. The third-order valence-electron chi connectivity index (χ3n) is 5.11. The summed E-state index contributed by atoms with van der Waals surface area (Å²) in [5, 5.41) is 12.6. The molecule has 1 N–H and O–H groups in total. The third kappa shape index (κ3) is 2.90. The summed E-state index contributed by atoms with van der Waals surface area (Å²) in [5.74, 6) is 0.817. The Labute approximate surface area is 152 Å². The summed E-state index contributed by atoms with van der Waals surface area (Å²) in [5.41, 5.74) is 1.36. The van der Waals surface area contributed by atoms with Crippen LogP contribution in [0.25, 0.3) is 10.8 Å². The first-order valence-corrected chi connectivity index (χ1v) is 8.85. The van der Waals surface area contributed by atoms with Crippen LogP contribution in [-0.4, -0.2) is 11.1 Å². The van der Waals surface area contributed by atoms with E-state index in [9.17, 15) is 9.90 Å². The van der Waals surface area contributed by atoms with Crippen molar-refractivity contribution < 1.29 is 19.1 Å². The maximum atomic E-state index is 12.7. The van der Waals surface area contributed by atoms with E-state index in [0.717, 1.165) is 16.3 Å². The van der Waals surface area contributed by atoms with E-state index < -0.39 is 12.1 Å². The first kappa shape index (κ1) is 16.9. The number of rotatable bonds is 2. The molecule has 4 nitrogen and oxygen atoms in total. The van der Waals surface area contributed by atoms with Gasteiger partial charge in [0.25, 0.3) is 0 Å². The summed E-state index contributed by atoms with van der Waals surface area (Å²) in [7, 11) is 0. The minimum atomic E-state index is -0.611. The van der Waals surface area contributed by atoms with Crippen molar-refractivity contribution in [1.29, 1.82) is 0 Å². The maximum Gasteiger partial charge on any atom is 0.379 e. The van der Waals surface area contributed by atoms with E-state index in [4.69, 9.17) is 9.15 Å². The van der Waals surface area contributed by atoms with Gasteiger partial charge in [-0.15, -0.1) is 0 Å². The van der Waals surface area contributed by atoms with Gasteiger partial charge >= 0.3 is 5.97 Å². The van der Waals surface area contributed by atoms with Gasteiger partial charge in [-0.05, 0) is 41.7 Å². The number of fused-ring (bicyclic) bond motifs is 2. The molecule has 0 bridgehead atoms. The Morgan fingerprint density at radius 2 is 1.92 bits per heavy atom. The Hall–Kier alpha value is -2.59. The van der Waals surface area contributed by atoms with Gasteiger partial charge in [0.2, 0.25) is 5.76 Å². The summed E-state index contributed by atoms with van der Waals surface area (Å²) in [6.07, 6.45) is 0.739. The van der Waals surface area contributed by atoms with Crippen molar-refractivity contribution in [2.75, 3.05) is 0 Å². The largest absolute Gasteiger partial charge is 0.453 e. The second-order valence-corrected chi connectivity index (χ2v) is 7.85. The van der Waals surface area contributed by atoms with Crippen molar-refractivity contribution in [2.24, 2.45) is 5.41 Å². The van der Waals surface area contributed by atoms with E-state index in [1.807, 2.05) is 36.4 Å². The highest BCUT2D eigenvalue weighted by Gasteiger charge is 2.37. The standard InChI is InChI=1S/C22H22O4/c1-13-19-17(23)11-22(2,3)12-18(19)26-20(13)21(24)25-16-9-8-14-6-4-5-7-15(14)10-16/h4-10,17,23H,11-12H2,1-3H3. The fraction of sp³-hybridized carbons (Fsp3) is 0.318. The van der Waals surface area contributed by atoms with Gasteiger partial charge in [-0.3, -0.25) is 0 Å². The molecular formula is C22H22O4. The van der Waals surface area contributed by atoms with Gasteiger partial charge in [-0.1, -0.05) is 44.2 Å². The number of esters is 1. The van der Waals surface area contributed by atoms with Crippen molar-refractivity contribution in [2.45, 2.75) is 39.7 Å². The van der Waals surface area contributed by atoms with Gasteiger partial charge in [0.15, 0.2) is 0 Å². The van der Waals surface area contributed by atoms with Crippen LogP contribution in [0.15, 0.2) is 46.9 Å². The molecular weight excluding hydrogens is 328 g/mol. The summed E-state index contributed by atoms with van der Waals surface area (Å²) in [6, 6.07) is 13.4. The molecule has 1 aromatic heterocycles. The predicted molar refractivity (Wildman–Crippen MR) is 99.4 cm³/mol. The Morgan fingerprint density at radius 1 is 1.19 bits per heavy atom. The van der Waals surface area contributed by atoms with Gasteiger partial charge in [-0.25, -0.2) is 4.79 Å². The van der Waals surface area contributed by atoms with Gasteiger partial charge in [0, 0.05) is 17.5 Å². The Morgan fingerprint density at radius 3 is 2.69 bits per heavy atom. The number of aliphatic hydroxyl groups excluding tert-OH is 1. The van der Waals surface area contributed by atoms with E-state index in [-0.39, 0.29) is 11.2 Å². The lowest BCUT2D eigenvalue weighted by atomic mass is 9.75. The zero-order valence-corrected chi connectivity index (χ0v) is 15.2. The number of hydrogen-bond donors (Lipinski definition) is 1. The number of ether oxygens (including phenoxy) is 1. The Kier molecular flexibility index (Phi) is 3.88. The second-order valence-electron chi connectivity index (χ2n) is 7.85. The van der Waals surface area contributed by atoms with Gasteiger partial charge in [0.05, 0.1) is 6.10 Å². The first-order chi connectivity index (χ1) is 12.3. The van der Waals surface area contributed by atoms with Crippen LogP contribution in [-0.2, 0) is 6.42 Å². The molecule has 0 fully saturated rings. The lowest BCUT2D eigenvalue weighted by Crippen LogP contribution is -2.24. The molecule has 3 aromatic rings. The van der Waals surface area contributed by atoms with E-state index in [2.05, 4.69) is 13.8 Å². The molecule has 134 valence electrons. The van der Waals surface area contributed by atoms with E-state index in [1.165, 1.54) is 0 Å². The molecule has 2 aromatic carbocycles. The molecule has 1 heterocycles. The minimum absolute atomic E-state index is 0.0593. The molecule has 0 saturated carbocycles. The van der Waals surface area contributed by atoms with Crippen LogP contribution in [0.5, 0.6) is 5.75 Å². The molecule has 4 rings (SSSR count). The molecule has 0 spiro atoms. The van der Waals surface area contributed by atoms with Crippen LogP contribution in [0.1, 0.15) is 53.8 Å². The number of carbonyl (C=O) groups is 1. The second kappa shape index (κ2) is 5.99. The summed E-state index contributed by atoms with van der Waals surface area (Å²) < 4.78 is 11.4. The van der Waals surface area contributed by atoms with Crippen LogP contribution >= 0.6 is 0 Å². The van der Waals surface area contributed by atoms with Crippen molar-refractivity contribution in [3.05, 3.63) is 65.1 Å². The van der Waals surface area contributed by atoms with Crippen LogP contribution in [0.3, 0.4) is 0 Å². The molecule has 0 radical (unpaired) electrons. The quantitative estimate of drug-likeness (QED) is 0.524. The number of hydrogen-bond acceptors (Lipinski definition) is 4. The third-order valence-corrected chi connectivity index (χ3v) is 5.11. The molecule has 4 heteroatoms. The molecule has 0 amide bonds. The molecule has 1 unspecified atom stereocenters. The van der Waals surface area contributed by atoms with Crippen LogP contribution in [0, 0.1) is 12.3 Å². The summed E-state index contributed by atoms with van der Waals surface area (Å²) in [6.45, 7) is 5.98. The fourth-order valence-electron chi connectivity index (χ4n) is 3.86. The van der Waals surface area contributed by atoms with Gasteiger partial charge < -0.3 is 14.3 Å². The lowest BCUT2D eigenvalue weighted by Gasteiger charge is -2.31. The highest BCUT2D eigenvalue weighted by molar-refractivity contribution is 5.91. The van der Waals surface area contributed by atoms with Crippen molar-refractivity contribution in [3.63, 3.8) is 0 Å². The maximum absolute atomic E-state index is 12.7. The average molecular weight is 350 g/mol. The van der Waals surface area contributed by atoms with Crippen molar-refractivity contribution in [3.8, 4) is 5.75 Å². The highest BCUT2D eigenvalue weighted by Crippen LogP contribution is 2.44. The number of carbonyl (C=O) groups excluding carboxylic acids is 1. The predicted octanol–water partition coefficient (Wildman–Crippen LogP) is 4.97. The van der Waals surface area contributed by atoms with E-state index >= 15 is 0 Å². The molecule has 0 saturated heterocycles. The van der Waals surface area contributed by atoms with Gasteiger partial charge in [0.1, 0.15) is 11.5 Å². The van der Waals surface area contributed by atoms with Crippen molar-refractivity contribution in [1.82, 2.24) is 0 Å². The van der Waals surface area contributed by atoms with E-state index in [1.54, 1.807) is 13.0 Å². The topological polar surface area (TPSA) is 59.7 Å². The molecule has 1 aliphatic rings. The molecule has 26 heavy (non-hydrogen) atoms. The monoisotopic (exact) mass is 350 g/mol. The summed E-state index contributed by atoms with van der Waals surface area (Å²) >= 11 is 0. The van der Waals surface area contributed by atoms with Crippen molar-refractivity contribution >= 4 is 16.7 Å². The number of aliphatic hydroxyl groups is 1. The molecule has 0 aliphatic heterocycles. The number of furan rings is 1. The number of benzene rings is 2. The highest BCUT2D eigenvalue weighted by atomic mass is 16.5. The van der Waals surface area contributed by atoms with Crippen LogP contribution < -0.4 is 4.74 Å². The molecule has 1 atom stereocenters. The zero-order valence-electron chi connectivity index (χ0n) is 15.2. The SMILES string of the molecule is Cc1c(C(=O)Oc2ccc3ccccc3c2)oc2c1C(O)CC(C)(C)C2. The normalized spacial score (nSPS) is 18.5. The zero-order chi connectivity index (χ0) is 18.5. The Balaban J connectivity index is 1.64. The minimum Gasteiger partial charge on any atom is -0.453 e. The van der Waals surface area contributed by atoms with E-state index in [0.29, 0.717) is 29.9 Å². The fourth-order valence-corrected chi connectivity index (χ4v) is 3.86. The first-order valence-electron chi connectivity index (χ1n) is 8.85. The van der Waals surface area contributed by atoms with Gasteiger partial charge in [-0.2, -0.15) is 0 Å². The smallest absolute Gasteiger partial charge is 0.379 e. The molecule has 1 aliphatic carbocycles.